The molecule has 13 rings (SSSR count). The van der Waals surface area contributed by atoms with Crippen LogP contribution in [0.2, 0.25) is 0 Å². The number of anilines is 6. The first-order chi connectivity index (χ1) is 46.3. The maximum atomic E-state index is 9.65. The van der Waals surface area contributed by atoms with Crippen LogP contribution in [-0.2, 0) is 37.9 Å². The van der Waals surface area contributed by atoms with Crippen molar-refractivity contribution in [2.45, 2.75) is 183 Å². The van der Waals surface area contributed by atoms with Crippen molar-refractivity contribution < 1.29 is 11.0 Å². The molecule has 0 saturated carbocycles. The fourth-order valence-corrected chi connectivity index (χ4v) is 13.6. The van der Waals surface area contributed by atoms with Gasteiger partial charge in [-0.1, -0.05) is 279 Å². The van der Waals surface area contributed by atoms with Gasteiger partial charge in [0.2, 0.25) is 0 Å². The Bertz CT molecular complexity index is 5030. The van der Waals surface area contributed by atoms with E-state index in [9.17, 15) is 5.48 Å². The average molecular weight is 1210 g/mol. The summed E-state index contributed by atoms with van der Waals surface area (Å²) in [6.07, 6.45) is 0. The highest BCUT2D eigenvalue weighted by Crippen LogP contribution is 2.49. The predicted molar refractivity (Wildman–Crippen MR) is 402 cm³/mol. The van der Waals surface area contributed by atoms with Crippen molar-refractivity contribution in [1.82, 2.24) is 4.57 Å². The molecule has 92 heavy (non-hydrogen) atoms. The number of aromatic nitrogens is 1. The monoisotopic (exact) mass is 1210 g/mol. The molecule has 0 amide bonds. The van der Waals surface area contributed by atoms with Crippen LogP contribution in [0, 0.1) is 0 Å². The summed E-state index contributed by atoms with van der Waals surface area (Å²) in [5.74, 6) is 0. The maximum Gasteiger partial charge on any atom is 0.252 e. The average Bonchev–Trinajstić information content (AvgIpc) is 1.08. The van der Waals surface area contributed by atoms with Gasteiger partial charge in [0.1, 0.15) is 0 Å². The van der Waals surface area contributed by atoms with Crippen LogP contribution in [0.4, 0.5) is 34.1 Å². The Balaban J connectivity index is 1.14. The minimum absolute atomic E-state index is 0.0354. The molecule has 4 heteroatoms. The smallest absolute Gasteiger partial charge is 0.252 e. The Morgan fingerprint density at radius 1 is 0.272 bits per heavy atom. The van der Waals surface area contributed by atoms with Crippen molar-refractivity contribution in [1.29, 1.82) is 0 Å². The standard InChI is InChI=1S/C88H96BN3/c1-82(2,3)61-42-58(43-62(49-61)83(4,5)6)55-30-35-68(36-31-55)90-77-41-34-57(60-46-65(86(13,14)15)51-66(47-60)87(16,17)18)48-74(77)89-73-40-39-70(92-75-28-24-22-26-71(75)72-27-23-25-29-76(72)92)54-78(73)91(80-53-67(88(19,20)21)52-79(90)81(80)89)69-37-32-56(33-38-69)59-44-63(84(7,8)9)50-64(45-59)85(10,11)12/h22-54H,1-21H3/i22D,23D,24D,25D,26D,27D,28D,29D. The zero-order valence-corrected chi connectivity index (χ0v) is 58.4. The van der Waals surface area contributed by atoms with Gasteiger partial charge >= 0.3 is 0 Å². The minimum Gasteiger partial charge on any atom is -0.311 e. The largest absolute Gasteiger partial charge is 0.311 e. The number of hydrogen-bond donors (Lipinski definition) is 0. The number of benzene rings is 10. The number of nitrogens with zero attached hydrogens (tertiary/aromatic N) is 3. The van der Waals surface area contributed by atoms with Crippen LogP contribution in [0.15, 0.2) is 200 Å². The number of hydrogen-bond acceptors (Lipinski definition) is 2. The third-order valence-corrected chi connectivity index (χ3v) is 19.5. The Kier molecular flexibility index (Phi) is 12.5. The summed E-state index contributed by atoms with van der Waals surface area (Å²) in [7, 11) is 0. The molecular formula is C88H96BN3. The summed E-state index contributed by atoms with van der Waals surface area (Å²) in [6.45, 7) is 47.5. The van der Waals surface area contributed by atoms with Crippen LogP contribution < -0.4 is 26.2 Å². The van der Waals surface area contributed by atoms with Crippen LogP contribution >= 0.6 is 0 Å². The van der Waals surface area contributed by atoms with Crippen molar-refractivity contribution in [3.8, 4) is 39.1 Å². The molecule has 1 aromatic heterocycles. The van der Waals surface area contributed by atoms with Gasteiger partial charge in [-0.2, -0.15) is 0 Å². The second kappa shape index (κ2) is 21.6. The molecule has 2 aliphatic rings. The fourth-order valence-electron chi connectivity index (χ4n) is 13.6. The van der Waals surface area contributed by atoms with E-state index < -0.39 is 24.2 Å². The first-order valence-corrected chi connectivity index (χ1v) is 33.1. The van der Waals surface area contributed by atoms with Gasteiger partial charge in [-0.25, -0.2) is 0 Å². The van der Waals surface area contributed by atoms with E-state index in [4.69, 9.17) is 5.48 Å². The van der Waals surface area contributed by atoms with Crippen molar-refractivity contribution >= 4 is 79.0 Å². The van der Waals surface area contributed by atoms with Crippen molar-refractivity contribution in [3.05, 3.63) is 239 Å². The zero-order chi connectivity index (χ0) is 72.7. The molecule has 11 aromatic rings. The molecule has 0 aliphatic carbocycles. The lowest BCUT2D eigenvalue weighted by Crippen LogP contribution is -2.61. The van der Waals surface area contributed by atoms with Crippen molar-refractivity contribution in [2.24, 2.45) is 0 Å². The maximum absolute atomic E-state index is 9.65. The van der Waals surface area contributed by atoms with Gasteiger partial charge in [0.15, 0.2) is 0 Å². The molecule has 0 spiro atoms. The summed E-state index contributed by atoms with van der Waals surface area (Å²) in [4.78, 5) is 4.85. The minimum atomic E-state index is -0.480. The van der Waals surface area contributed by atoms with Crippen molar-refractivity contribution in [3.63, 3.8) is 0 Å². The van der Waals surface area contributed by atoms with Gasteiger partial charge in [-0.05, 0) is 193 Å². The molecule has 3 nitrogen and oxygen atoms in total. The molecule has 2 aliphatic heterocycles. The topological polar surface area (TPSA) is 11.4 Å². The first kappa shape index (κ1) is 53.2. The second-order valence-corrected chi connectivity index (χ2v) is 33.6. The van der Waals surface area contributed by atoms with E-state index in [0.717, 1.165) is 83.9 Å². The summed E-state index contributed by atoms with van der Waals surface area (Å²) in [6, 6.07) is 54.0. The number of fused-ring (bicyclic) bond motifs is 7. The molecular weight excluding hydrogens is 1110 g/mol. The van der Waals surface area contributed by atoms with Crippen molar-refractivity contribution in [2.75, 3.05) is 9.80 Å². The molecule has 0 saturated heterocycles. The van der Waals surface area contributed by atoms with Crippen LogP contribution in [0.25, 0.3) is 60.9 Å². The van der Waals surface area contributed by atoms with Crippen LogP contribution in [0.5, 0.6) is 0 Å². The third kappa shape index (κ3) is 11.2. The van der Waals surface area contributed by atoms with Gasteiger partial charge in [0.25, 0.3) is 6.71 Å². The summed E-state index contributed by atoms with van der Waals surface area (Å²) in [5, 5.41) is 0.0708. The Morgan fingerprint density at radius 3 is 0.978 bits per heavy atom. The molecule has 3 heterocycles. The molecule has 0 radical (unpaired) electrons. The SMILES string of the molecule is [2H]c1c([2H])c([2H])c2c(c1[2H])c1c([2H])c([2H])c([2H])c([2H])c1n2-c1ccc2c(c1)N(c1ccc(-c3cc(C(C)(C)C)cc(C(C)(C)C)c3)cc1)c1cc(C(C)(C)C)cc3c1B2c1cc(-c2cc(C(C)(C)C)cc(C(C)(C)C)c2)ccc1N3c1ccc(-c2cc(C(C)(C)C)cc(C(C)(C)C)c2)cc1. The highest BCUT2D eigenvalue weighted by atomic mass is 15.2. The lowest BCUT2D eigenvalue weighted by molar-refractivity contribution is 0.568. The van der Waals surface area contributed by atoms with Gasteiger partial charge < -0.3 is 14.4 Å². The van der Waals surface area contributed by atoms with Gasteiger partial charge in [0.05, 0.1) is 22.0 Å². The van der Waals surface area contributed by atoms with E-state index >= 15 is 0 Å². The third-order valence-electron chi connectivity index (χ3n) is 19.5. The Labute approximate surface area is 562 Å². The molecule has 466 valence electrons. The van der Waals surface area contributed by atoms with Crippen LogP contribution in [0.3, 0.4) is 0 Å². The lowest BCUT2D eigenvalue weighted by atomic mass is 9.33. The van der Waals surface area contributed by atoms with E-state index in [1.165, 1.54) is 38.9 Å². The predicted octanol–water partition coefficient (Wildman–Crippen LogP) is 22.9. The normalized spacial score (nSPS) is 15.1. The highest BCUT2D eigenvalue weighted by Gasteiger charge is 2.45. The van der Waals surface area contributed by atoms with Crippen LogP contribution in [0.1, 0.15) is 195 Å². The molecule has 0 fully saturated rings. The molecule has 0 atom stereocenters. The molecule has 0 N–H and O–H groups in total. The van der Waals surface area contributed by atoms with E-state index in [0.29, 0.717) is 5.69 Å². The van der Waals surface area contributed by atoms with Crippen LogP contribution in [-0.4, -0.2) is 11.3 Å². The Morgan fingerprint density at radius 2 is 0.598 bits per heavy atom. The first-order valence-electron chi connectivity index (χ1n) is 37.1. The number of rotatable bonds is 6. The molecule has 0 bridgehead atoms. The Hall–Kier alpha value is -8.34. The second-order valence-electron chi connectivity index (χ2n) is 33.6. The number of para-hydroxylation sites is 2. The molecule has 0 unspecified atom stereocenters. The lowest BCUT2D eigenvalue weighted by Gasteiger charge is -2.45. The van der Waals surface area contributed by atoms with Gasteiger partial charge in [-0.3, -0.25) is 0 Å². The van der Waals surface area contributed by atoms with E-state index in [-0.39, 0.29) is 90.6 Å². The summed E-state index contributed by atoms with van der Waals surface area (Å²) in [5.41, 5.74) is 24.1. The van der Waals surface area contributed by atoms with E-state index in [2.05, 4.69) is 301 Å². The van der Waals surface area contributed by atoms with E-state index in [1.807, 2.05) is 6.07 Å². The van der Waals surface area contributed by atoms with E-state index in [1.54, 1.807) is 4.57 Å². The fraction of sp³-hybridized carbons (Fsp3) is 0.318. The zero-order valence-electron chi connectivity index (χ0n) is 66.4. The van der Waals surface area contributed by atoms with Gasteiger partial charge in [0, 0.05) is 50.6 Å². The summed E-state index contributed by atoms with van der Waals surface area (Å²) >= 11 is 0. The quantitative estimate of drug-likeness (QED) is 0.154. The highest BCUT2D eigenvalue weighted by molar-refractivity contribution is 7.00. The molecule has 10 aromatic carbocycles. The summed E-state index contributed by atoms with van der Waals surface area (Å²) < 4.78 is 75.8. The van der Waals surface area contributed by atoms with Gasteiger partial charge in [-0.15, -0.1) is 0 Å².